The van der Waals surface area contributed by atoms with Crippen LogP contribution >= 0.6 is 0 Å². The molecular formula is C14H27N3O2. The van der Waals surface area contributed by atoms with Gasteiger partial charge in [0.2, 0.25) is 11.8 Å². The summed E-state index contributed by atoms with van der Waals surface area (Å²) in [5.41, 5.74) is 11.2. The molecule has 1 fully saturated rings. The van der Waals surface area contributed by atoms with Crippen LogP contribution in [0.5, 0.6) is 0 Å². The highest BCUT2D eigenvalue weighted by molar-refractivity contribution is 5.85. The maximum atomic E-state index is 12.5. The molecule has 4 N–H and O–H groups in total. The summed E-state index contributed by atoms with van der Waals surface area (Å²) in [6, 6.07) is 0.193. The standard InChI is InChI=1S/C14H27N3O2/c1-9(2)7-17(8-13(16)18)14(19)11-4-5-12(15)10(3)6-11/h9-12H,4-8,15H2,1-3H3,(H2,16,18). The van der Waals surface area contributed by atoms with Gasteiger partial charge in [-0.1, -0.05) is 20.8 Å². The van der Waals surface area contributed by atoms with Crippen LogP contribution in [0.2, 0.25) is 0 Å². The lowest BCUT2D eigenvalue weighted by atomic mass is 9.78. The third-order valence-corrected chi connectivity index (χ3v) is 3.83. The molecule has 1 aliphatic rings. The Morgan fingerprint density at radius 3 is 2.42 bits per heavy atom. The second kappa shape index (κ2) is 6.89. The summed E-state index contributed by atoms with van der Waals surface area (Å²) < 4.78 is 0. The zero-order valence-corrected chi connectivity index (χ0v) is 12.3. The fourth-order valence-electron chi connectivity index (χ4n) is 2.76. The van der Waals surface area contributed by atoms with Crippen molar-refractivity contribution in [2.45, 2.75) is 46.1 Å². The van der Waals surface area contributed by atoms with Crippen molar-refractivity contribution in [3.05, 3.63) is 0 Å². The van der Waals surface area contributed by atoms with Crippen LogP contribution in [0.25, 0.3) is 0 Å². The molecule has 0 bridgehead atoms. The molecule has 5 heteroatoms. The Morgan fingerprint density at radius 2 is 1.95 bits per heavy atom. The molecule has 0 saturated heterocycles. The normalized spacial score (nSPS) is 27.3. The third kappa shape index (κ3) is 4.82. The van der Waals surface area contributed by atoms with E-state index in [-0.39, 0.29) is 24.4 Å². The summed E-state index contributed by atoms with van der Waals surface area (Å²) in [5.74, 6) is 0.289. The highest BCUT2D eigenvalue weighted by atomic mass is 16.2. The van der Waals surface area contributed by atoms with Gasteiger partial charge in [-0.05, 0) is 31.1 Å². The lowest BCUT2D eigenvalue weighted by Crippen LogP contribution is -2.46. The van der Waals surface area contributed by atoms with E-state index in [1.54, 1.807) is 4.90 Å². The SMILES string of the molecule is CC(C)CN(CC(N)=O)C(=O)C1CCC(N)C(C)C1. The first-order valence-corrected chi connectivity index (χ1v) is 7.14. The summed E-state index contributed by atoms with van der Waals surface area (Å²) >= 11 is 0. The largest absolute Gasteiger partial charge is 0.368 e. The van der Waals surface area contributed by atoms with Crippen LogP contribution in [0.1, 0.15) is 40.0 Å². The molecule has 1 aliphatic carbocycles. The average molecular weight is 269 g/mol. The zero-order valence-electron chi connectivity index (χ0n) is 12.3. The van der Waals surface area contributed by atoms with Crippen molar-refractivity contribution in [1.82, 2.24) is 4.90 Å². The molecule has 0 aromatic heterocycles. The number of primary amides is 1. The van der Waals surface area contributed by atoms with E-state index in [9.17, 15) is 9.59 Å². The molecule has 2 amide bonds. The number of hydrogen-bond acceptors (Lipinski definition) is 3. The molecule has 19 heavy (non-hydrogen) atoms. The minimum atomic E-state index is -0.449. The van der Waals surface area contributed by atoms with Crippen LogP contribution < -0.4 is 11.5 Å². The molecule has 0 aromatic carbocycles. The van der Waals surface area contributed by atoms with Crippen molar-refractivity contribution in [1.29, 1.82) is 0 Å². The van der Waals surface area contributed by atoms with Crippen LogP contribution in [0, 0.1) is 17.8 Å². The molecular weight excluding hydrogens is 242 g/mol. The van der Waals surface area contributed by atoms with Crippen LogP contribution in [0.4, 0.5) is 0 Å². The van der Waals surface area contributed by atoms with Crippen LogP contribution in [-0.2, 0) is 9.59 Å². The van der Waals surface area contributed by atoms with E-state index in [2.05, 4.69) is 6.92 Å². The number of carbonyl (C=O) groups excluding carboxylic acids is 2. The van der Waals surface area contributed by atoms with Gasteiger partial charge in [0.05, 0.1) is 6.54 Å². The van der Waals surface area contributed by atoms with Gasteiger partial charge < -0.3 is 16.4 Å². The summed E-state index contributed by atoms with van der Waals surface area (Å²) in [7, 11) is 0. The summed E-state index contributed by atoms with van der Waals surface area (Å²) in [6.45, 7) is 6.75. The second-order valence-corrected chi connectivity index (χ2v) is 6.23. The smallest absolute Gasteiger partial charge is 0.237 e. The number of nitrogens with two attached hydrogens (primary N) is 2. The summed E-state index contributed by atoms with van der Waals surface area (Å²) in [4.78, 5) is 25.2. The first-order valence-electron chi connectivity index (χ1n) is 7.14. The Hall–Kier alpha value is -1.10. The van der Waals surface area contributed by atoms with Crippen molar-refractivity contribution < 1.29 is 9.59 Å². The lowest BCUT2D eigenvalue weighted by molar-refractivity contribution is -0.140. The molecule has 3 atom stereocenters. The van der Waals surface area contributed by atoms with Crippen molar-refractivity contribution in [2.24, 2.45) is 29.2 Å². The second-order valence-electron chi connectivity index (χ2n) is 6.23. The quantitative estimate of drug-likeness (QED) is 0.770. The van der Waals surface area contributed by atoms with Crippen LogP contribution in [-0.4, -0.2) is 35.8 Å². The zero-order chi connectivity index (χ0) is 14.6. The molecule has 1 rings (SSSR count). The number of rotatable bonds is 5. The van der Waals surface area contributed by atoms with Gasteiger partial charge in [-0.3, -0.25) is 9.59 Å². The van der Waals surface area contributed by atoms with Crippen LogP contribution in [0.3, 0.4) is 0 Å². The Morgan fingerprint density at radius 1 is 1.32 bits per heavy atom. The Bertz CT molecular complexity index is 331. The van der Waals surface area contributed by atoms with Gasteiger partial charge in [0.15, 0.2) is 0 Å². The Kier molecular flexibility index (Phi) is 5.79. The number of nitrogens with zero attached hydrogens (tertiary/aromatic N) is 1. The minimum absolute atomic E-state index is 0.00657. The fourth-order valence-corrected chi connectivity index (χ4v) is 2.76. The van der Waals surface area contributed by atoms with Gasteiger partial charge in [-0.25, -0.2) is 0 Å². The third-order valence-electron chi connectivity index (χ3n) is 3.83. The lowest BCUT2D eigenvalue weighted by Gasteiger charge is -2.34. The van der Waals surface area contributed by atoms with Crippen molar-refractivity contribution in [3.8, 4) is 0 Å². The van der Waals surface area contributed by atoms with Gasteiger partial charge in [0.1, 0.15) is 0 Å². The predicted molar refractivity (Wildman–Crippen MR) is 75.1 cm³/mol. The van der Waals surface area contributed by atoms with Crippen molar-refractivity contribution in [2.75, 3.05) is 13.1 Å². The van der Waals surface area contributed by atoms with Crippen LogP contribution in [0.15, 0.2) is 0 Å². The maximum Gasteiger partial charge on any atom is 0.237 e. The van der Waals surface area contributed by atoms with E-state index in [0.29, 0.717) is 18.4 Å². The van der Waals surface area contributed by atoms with Gasteiger partial charge >= 0.3 is 0 Å². The summed E-state index contributed by atoms with van der Waals surface area (Å²) in [5, 5.41) is 0. The average Bonchev–Trinajstić information content (AvgIpc) is 2.29. The maximum absolute atomic E-state index is 12.5. The van der Waals surface area contributed by atoms with Gasteiger partial charge in [-0.15, -0.1) is 0 Å². The fraction of sp³-hybridized carbons (Fsp3) is 0.857. The number of hydrogen-bond donors (Lipinski definition) is 2. The van der Waals surface area contributed by atoms with E-state index in [1.807, 2.05) is 13.8 Å². The summed E-state index contributed by atoms with van der Waals surface area (Å²) in [6.07, 6.45) is 2.51. The number of amides is 2. The molecule has 0 radical (unpaired) electrons. The number of carbonyl (C=O) groups is 2. The van der Waals surface area contributed by atoms with E-state index < -0.39 is 5.91 Å². The molecule has 1 saturated carbocycles. The predicted octanol–water partition coefficient (Wildman–Crippen LogP) is 0.720. The highest BCUT2D eigenvalue weighted by Gasteiger charge is 2.32. The van der Waals surface area contributed by atoms with E-state index in [1.165, 1.54) is 0 Å². The Labute approximate surface area is 115 Å². The highest BCUT2D eigenvalue weighted by Crippen LogP contribution is 2.29. The molecule has 0 heterocycles. The molecule has 5 nitrogen and oxygen atoms in total. The van der Waals surface area contributed by atoms with Crippen molar-refractivity contribution >= 4 is 11.8 Å². The van der Waals surface area contributed by atoms with Crippen molar-refractivity contribution in [3.63, 3.8) is 0 Å². The molecule has 110 valence electrons. The van der Waals surface area contributed by atoms with E-state index in [0.717, 1.165) is 19.3 Å². The van der Waals surface area contributed by atoms with E-state index in [4.69, 9.17) is 11.5 Å². The molecule has 0 aliphatic heterocycles. The Balaban J connectivity index is 2.67. The first-order chi connectivity index (χ1) is 8.81. The van der Waals surface area contributed by atoms with Gasteiger partial charge in [0.25, 0.3) is 0 Å². The molecule has 0 spiro atoms. The first kappa shape index (κ1) is 16.0. The van der Waals surface area contributed by atoms with Gasteiger partial charge in [0, 0.05) is 18.5 Å². The molecule has 3 unspecified atom stereocenters. The minimum Gasteiger partial charge on any atom is -0.368 e. The molecule has 0 aromatic rings. The topological polar surface area (TPSA) is 89.4 Å². The monoisotopic (exact) mass is 269 g/mol. The van der Waals surface area contributed by atoms with Gasteiger partial charge in [-0.2, -0.15) is 0 Å². The van der Waals surface area contributed by atoms with E-state index >= 15 is 0 Å².